The van der Waals surface area contributed by atoms with E-state index in [4.69, 9.17) is 11.6 Å². The highest BCUT2D eigenvalue weighted by Gasteiger charge is 2.20. The lowest BCUT2D eigenvalue weighted by molar-refractivity contribution is -0.119. The summed E-state index contributed by atoms with van der Waals surface area (Å²) in [4.78, 5) is 26.7. The Morgan fingerprint density at radius 3 is 2.35 bits per heavy atom. The van der Waals surface area contributed by atoms with Crippen LogP contribution in [-0.4, -0.2) is 60.8 Å². The van der Waals surface area contributed by atoms with Crippen molar-refractivity contribution in [3.05, 3.63) is 0 Å². The van der Waals surface area contributed by atoms with E-state index in [-0.39, 0.29) is 30.3 Å². The molecular formula is C11H22ClN3O2. The van der Waals surface area contributed by atoms with Gasteiger partial charge >= 0.3 is 6.03 Å². The molecule has 0 fully saturated rings. The molecule has 6 heteroatoms. The lowest BCUT2D eigenvalue weighted by atomic mass is 10.3. The summed E-state index contributed by atoms with van der Waals surface area (Å²) in [7, 11) is 3.89. The number of carbonyl (C=O) groups excluding carboxylic acids is 2. The highest BCUT2D eigenvalue weighted by molar-refractivity contribution is 6.19. The van der Waals surface area contributed by atoms with E-state index in [1.54, 1.807) is 4.90 Å². The van der Waals surface area contributed by atoms with Crippen molar-refractivity contribution < 1.29 is 9.59 Å². The normalized spacial score (nSPS) is 12.4. The Morgan fingerprint density at radius 2 is 1.94 bits per heavy atom. The van der Waals surface area contributed by atoms with Gasteiger partial charge < -0.3 is 9.80 Å². The molecule has 0 aromatic carbocycles. The van der Waals surface area contributed by atoms with Gasteiger partial charge in [0.15, 0.2) is 0 Å². The Bertz CT molecular complexity index is 259. The lowest BCUT2D eigenvalue weighted by Gasteiger charge is -2.29. The smallest absolute Gasteiger partial charge is 0.321 e. The van der Waals surface area contributed by atoms with Crippen molar-refractivity contribution in [3.8, 4) is 0 Å². The third-order valence-electron chi connectivity index (χ3n) is 2.33. The minimum Gasteiger partial charge on any atom is -0.321 e. The van der Waals surface area contributed by atoms with E-state index in [1.807, 2.05) is 32.8 Å². The SMILES string of the molecule is CCN(C(=O)NC(=O)CCCl)C(C)CN(C)C. The number of nitrogens with zero attached hydrogens (tertiary/aromatic N) is 2. The largest absolute Gasteiger partial charge is 0.324 e. The van der Waals surface area contributed by atoms with Crippen LogP contribution in [0, 0.1) is 0 Å². The number of likely N-dealkylation sites (N-methyl/N-ethyl adjacent to an activating group) is 2. The minimum atomic E-state index is -0.350. The van der Waals surface area contributed by atoms with Gasteiger partial charge in [0.25, 0.3) is 0 Å². The number of hydrogen-bond acceptors (Lipinski definition) is 3. The summed E-state index contributed by atoms with van der Waals surface area (Å²) >= 11 is 5.43. The zero-order valence-electron chi connectivity index (χ0n) is 11.0. The van der Waals surface area contributed by atoms with Crippen molar-refractivity contribution in [2.75, 3.05) is 33.1 Å². The molecule has 0 aliphatic rings. The fourth-order valence-electron chi connectivity index (χ4n) is 1.62. The Kier molecular flexibility index (Phi) is 7.91. The molecule has 0 saturated carbocycles. The molecule has 0 heterocycles. The molecular weight excluding hydrogens is 242 g/mol. The van der Waals surface area contributed by atoms with Gasteiger partial charge in [0, 0.05) is 31.4 Å². The van der Waals surface area contributed by atoms with E-state index in [1.165, 1.54) is 0 Å². The van der Waals surface area contributed by atoms with Crippen LogP contribution in [0.1, 0.15) is 20.3 Å². The first-order valence-electron chi connectivity index (χ1n) is 5.73. The average Bonchev–Trinajstić information content (AvgIpc) is 2.17. The van der Waals surface area contributed by atoms with Crippen LogP contribution >= 0.6 is 11.6 Å². The number of imide groups is 1. The number of halogens is 1. The second-order valence-corrected chi connectivity index (χ2v) is 4.57. The quantitative estimate of drug-likeness (QED) is 0.731. The van der Waals surface area contributed by atoms with Gasteiger partial charge in [-0.05, 0) is 27.9 Å². The fraction of sp³-hybridized carbons (Fsp3) is 0.818. The summed E-state index contributed by atoms with van der Waals surface area (Å²) in [6.07, 6.45) is 0.160. The number of carbonyl (C=O) groups is 2. The van der Waals surface area contributed by atoms with E-state index in [2.05, 4.69) is 5.32 Å². The summed E-state index contributed by atoms with van der Waals surface area (Å²) in [5.41, 5.74) is 0. The van der Waals surface area contributed by atoms with E-state index in [9.17, 15) is 9.59 Å². The van der Waals surface area contributed by atoms with Crippen molar-refractivity contribution in [2.24, 2.45) is 0 Å². The average molecular weight is 264 g/mol. The maximum Gasteiger partial charge on any atom is 0.324 e. The van der Waals surface area contributed by atoms with E-state index >= 15 is 0 Å². The lowest BCUT2D eigenvalue weighted by Crippen LogP contribution is -2.49. The molecule has 17 heavy (non-hydrogen) atoms. The fourth-order valence-corrected chi connectivity index (χ4v) is 1.79. The molecule has 0 saturated heterocycles. The molecule has 1 unspecified atom stereocenters. The first-order chi connectivity index (χ1) is 7.92. The number of urea groups is 1. The summed E-state index contributed by atoms with van der Waals surface area (Å²) in [5, 5.41) is 2.33. The second-order valence-electron chi connectivity index (χ2n) is 4.19. The van der Waals surface area contributed by atoms with Crippen molar-refractivity contribution in [1.82, 2.24) is 15.1 Å². The minimum absolute atomic E-state index is 0.0544. The van der Waals surface area contributed by atoms with Crippen molar-refractivity contribution >= 4 is 23.5 Å². The first-order valence-corrected chi connectivity index (χ1v) is 6.26. The Morgan fingerprint density at radius 1 is 1.35 bits per heavy atom. The standard InChI is InChI=1S/C11H22ClN3O2/c1-5-15(9(2)8-14(3)4)11(17)13-10(16)6-7-12/h9H,5-8H2,1-4H3,(H,13,16,17). The number of rotatable bonds is 6. The van der Waals surface area contributed by atoms with Gasteiger partial charge in [-0.15, -0.1) is 11.6 Å². The van der Waals surface area contributed by atoms with Gasteiger partial charge in [0.2, 0.25) is 5.91 Å². The molecule has 0 spiro atoms. The summed E-state index contributed by atoms with van der Waals surface area (Å²) < 4.78 is 0. The maximum absolute atomic E-state index is 11.8. The van der Waals surface area contributed by atoms with Crippen molar-refractivity contribution in [1.29, 1.82) is 0 Å². The van der Waals surface area contributed by atoms with Gasteiger partial charge in [-0.25, -0.2) is 4.79 Å². The third kappa shape index (κ3) is 6.48. The molecule has 1 N–H and O–H groups in total. The van der Waals surface area contributed by atoms with E-state index in [0.29, 0.717) is 6.54 Å². The number of hydrogen-bond donors (Lipinski definition) is 1. The molecule has 0 aromatic rings. The highest BCUT2D eigenvalue weighted by Crippen LogP contribution is 2.01. The molecule has 0 aliphatic heterocycles. The molecule has 3 amide bonds. The van der Waals surface area contributed by atoms with Crippen LogP contribution in [0.5, 0.6) is 0 Å². The zero-order valence-corrected chi connectivity index (χ0v) is 11.8. The number of amides is 3. The van der Waals surface area contributed by atoms with Gasteiger partial charge in [0.1, 0.15) is 0 Å². The van der Waals surface area contributed by atoms with E-state index in [0.717, 1.165) is 6.54 Å². The first kappa shape index (κ1) is 16.2. The van der Waals surface area contributed by atoms with Crippen LogP contribution in [0.25, 0.3) is 0 Å². The molecule has 100 valence electrons. The summed E-state index contributed by atoms with van der Waals surface area (Å²) in [5.74, 6) is -0.112. The summed E-state index contributed by atoms with van der Waals surface area (Å²) in [6, 6.07) is -0.296. The monoisotopic (exact) mass is 263 g/mol. The molecule has 1 atom stereocenters. The van der Waals surface area contributed by atoms with Crippen LogP contribution in [0.4, 0.5) is 4.79 Å². The zero-order chi connectivity index (χ0) is 13.4. The Hall–Kier alpha value is -0.810. The van der Waals surface area contributed by atoms with Crippen LogP contribution in [-0.2, 0) is 4.79 Å². The van der Waals surface area contributed by atoms with Crippen LogP contribution in [0.2, 0.25) is 0 Å². The molecule has 0 radical (unpaired) electrons. The van der Waals surface area contributed by atoms with Crippen LogP contribution < -0.4 is 5.32 Å². The number of nitrogens with one attached hydrogen (secondary N) is 1. The van der Waals surface area contributed by atoms with Gasteiger partial charge in [0.05, 0.1) is 0 Å². The van der Waals surface area contributed by atoms with Crippen LogP contribution in [0.15, 0.2) is 0 Å². The predicted molar refractivity (Wildman–Crippen MR) is 69.3 cm³/mol. The number of alkyl halides is 1. The topological polar surface area (TPSA) is 52.7 Å². The van der Waals surface area contributed by atoms with E-state index < -0.39 is 0 Å². The summed E-state index contributed by atoms with van der Waals surface area (Å²) in [6.45, 7) is 5.16. The van der Waals surface area contributed by atoms with Gasteiger partial charge in [-0.3, -0.25) is 10.1 Å². The predicted octanol–water partition coefficient (Wildman–Crippen LogP) is 1.12. The molecule has 0 aliphatic carbocycles. The maximum atomic E-state index is 11.8. The second kappa shape index (κ2) is 8.31. The van der Waals surface area contributed by atoms with Gasteiger partial charge in [-0.2, -0.15) is 0 Å². The molecule has 5 nitrogen and oxygen atoms in total. The molecule has 0 rings (SSSR count). The highest BCUT2D eigenvalue weighted by atomic mass is 35.5. The van der Waals surface area contributed by atoms with Crippen molar-refractivity contribution in [2.45, 2.75) is 26.3 Å². The molecule has 0 aromatic heterocycles. The van der Waals surface area contributed by atoms with Gasteiger partial charge in [-0.1, -0.05) is 0 Å². The molecule has 0 bridgehead atoms. The Balaban J connectivity index is 4.34. The van der Waals surface area contributed by atoms with Crippen LogP contribution in [0.3, 0.4) is 0 Å². The third-order valence-corrected chi connectivity index (χ3v) is 2.52. The van der Waals surface area contributed by atoms with Crippen molar-refractivity contribution in [3.63, 3.8) is 0 Å². The Labute approximate surface area is 108 Å².